The van der Waals surface area contributed by atoms with E-state index in [-0.39, 0.29) is 18.6 Å². The van der Waals surface area contributed by atoms with Crippen LogP contribution in [-0.2, 0) is 4.79 Å². The quantitative estimate of drug-likeness (QED) is 0.738. The van der Waals surface area contributed by atoms with Crippen LogP contribution in [0.25, 0.3) is 0 Å². The molecular weight excluding hydrogens is 236 g/mol. The van der Waals surface area contributed by atoms with E-state index in [1.54, 1.807) is 16.7 Å². The largest absolute Gasteiger partial charge is 0.395 e. The Bertz CT molecular complexity index is 231. The van der Waals surface area contributed by atoms with Crippen LogP contribution < -0.4 is 5.32 Å². The van der Waals surface area contributed by atoms with Gasteiger partial charge in [-0.15, -0.1) is 11.8 Å². The van der Waals surface area contributed by atoms with Crippen LogP contribution in [0.2, 0.25) is 0 Å². The van der Waals surface area contributed by atoms with Crippen molar-refractivity contribution in [1.82, 2.24) is 10.2 Å². The van der Waals surface area contributed by atoms with Gasteiger partial charge >= 0.3 is 0 Å². The summed E-state index contributed by atoms with van der Waals surface area (Å²) in [5, 5.41) is 12.9. The number of aliphatic hydroxyl groups excluding tert-OH is 1. The van der Waals surface area contributed by atoms with Crippen molar-refractivity contribution in [2.45, 2.75) is 38.0 Å². The van der Waals surface area contributed by atoms with Crippen molar-refractivity contribution in [3.05, 3.63) is 0 Å². The fourth-order valence-corrected chi connectivity index (χ4v) is 3.13. The molecule has 1 rings (SSSR count). The van der Waals surface area contributed by atoms with Crippen LogP contribution in [0, 0.1) is 0 Å². The molecule has 0 spiro atoms. The zero-order chi connectivity index (χ0) is 12.7. The van der Waals surface area contributed by atoms with Gasteiger partial charge in [0.05, 0.1) is 12.4 Å². The molecule has 1 fully saturated rings. The van der Waals surface area contributed by atoms with Gasteiger partial charge in [-0.25, -0.2) is 0 Å². The SMILES string of the molecule is CC(C)N(CCO)C(=O)CSC1CCNCC1. The van der Waals surface area contributed by atoms with Crippen molar-refractivity contribution < 1.29 is 9.90 Å². The molecule has 5 heteroatoms. The first-order valence-corrected chi connectivity index (χ1v) is 7.42. The van der Waals surface area contributed by atoms with Gasteiger partial charge in [-0.3, -0.25) is 4.79 Å². The molecule has 100 valence electrons. The lowest BCUT2D eigenvalue weighted by atomic mass is 10.2. The zero-order valence-corrected chi connectivity index (χ0v) is 11.6. The molecule has 1 amide bonds. The molecule has 0 aromatic rings. The highest BCUT2D eigenvalue weighted by atomic mass is 32.2. The number of piperidine rings is 1. The minimum Gasteiger partial charge on any atom is -0.395 e. The third kappa shape index (κ3) is 5.27. The number of carbonyl (C=O) groups is 1. The molecule has 1 saturated heterocycles. The third-order valence-corrected chi connectivity index (χ3v) is 4.37. The van der Waals surface area contributed by atoms with E-state index in [1.165, 1.54) is 0 Å². The smallest absolute Gasteiger partial charge is 0.232 e. The first-order chi connectivity index (χ1) is 8.15. The molecule has 0 unspecified atom stereocenters. The maximum Gasteiger partial charge on any atom is 0.232 e. The van der Waals surface area contributed by atoms with Crippen molar-refractivity contribution in [2.75, 3.05) is 32.0 Å². The molecule has 0 aromatic heterocycles. The normalized spacial score (nSPS) is 17.4. The molecule has 4 nitrogen and oxygen atoms in total. The number of hydrogen-bond donors (Lipinski definition) is 2. The van der Waals surface area contributed by atoms with Crippen LogP contribution in [0.1, 0.15) is 26.7 Å². The molecule has 0 atom stereocenters. The van der Waals surface area contributed by atoms with Crippen LogP contribution >= 0.6 is 11.8 Å². The Hall–Kier alpha value is -0.260. The van der Waals surface area contributed by atoms with Crippen LogP contribution in [0.15, 0.2) is 0 Å². The molecule has 0 bridgehead atoms. The first-order valence-electron chi connectivity index (χ1n) is 6.37. The minimum atomic E-state index is 0.0436. The van der Waals surface area contributed by atoms with Crippen molar-refractivity contribution in [1.29, 1.82) is 0 Å². The van der Waals surface area contributed by atoms with E-state index in [4.69, 9.17) is 5.11 Å². The standard InChI is InChI=1S/C12H24N2O2S/c1-10(2)14(7-8-15)12(16)9-17-11-3-5-13-6-4-11/h10-11,13,15H,3-9H2,1-2H3. The van der Waals surface area contributed by atoms with Crippen molar-refractivity contribution in [3.8, 4) is 0 Å². The number of amides is 1. The number of hydrogen-bond acceptors (Lipinski definition) is 4. The lowest BCUT2D eigenvalue weighted by Crippen LogP contribution is -2.40. The van der Waals surface area contributed by atoms with Crippen LogP contribution in [0.4, 0.5) is 0 Å². The molecule has 0 radical (unpaired) electrons. The maximum atomic E-state index is 12.0. The van der Waals surface area contributed by atoms with Crippen LogP contribution in [0.3, 0.4) is 0 Å². The number of nitrogens with zero attached hydrogens (tertiary/aromatic N) is 1. The highest BCUT2D eigenvalue weighted by Gasteiger charge is 2.19. The molecule has 0 aliphatic carbocycles. The van der Waals surface area contributed by atoms with Crippen LogP contribution in [0.5, 0.6) is 0 Å². The average molecular weight is 260 g/mol. The van der Waals surface area contributed by atoms with Gasteiger partial charge in [0.2, 0.25) is 5.91 Å². The number of aliphatic hydroxyl groups is 1. The highest BCUT2D eigenvalue weighted by molar-refractivity contribution is 8.00. The second-order valence-corrected chi connectivity index (χ2v) is 5.95. The van der Waals surface area contributed by atoms with Gasteiger partial charge in [0.1, 0.15) is 0 Å². The maximum absolute atomic E-state index is 12.0. The molecule has 1 aliphatic heterocycles. The number of carbonyl (C=O) groups excluding carboxylic acids is 1. The van der Waals surface area contributed by atoms with Gasteiger partial charge in [-0.05, 0) is 39.8 Å². The predicted molar refractivity (Wildman–Crippen MR) is 72.3 cm³/mol. The van der Waals surface area contributed by atoms with E-state index < -0.39 is 0 Å². The summed E-state index contributed by atoms with van der Waals surface area (Å²) in [5.41, 5.74) is 0. The number of nitrogens with one attached hydrogen (secondary N) is 1. The lowest BCUT2D eigenvalue weighted by molar-refractivity contribution is -0.130. The van der Waals surface area contributed by atoms with Gasteiger partial charge in [-0.1, -0.05) is 0 Å². The monoisotopic (exact) mass is 260 g/mol. The second-order valence-electron chi connectivity index (χ2n) is 4.66. The Morgan fingerprint density at radius 2 is 2.12 bits per heavy atom. The van der Waals surface area contributed by atoms with Gasteiger partial charge in [-0.2, -0.15) is 0 Å². The summed E-state index contributed by atoms with van der Waals surface area (Å²) in [7, 11) is 0. The minimum absolute atomic E-state index is 0.0436. The van der Waals surface area contributed by atoms with Crippen LogP contribution in [-0.4, -0.2) is 59.2 Å². The molecule has 1 heterocycles. The Labute approximate surface area is 108 Å². The Kier molecular flexibility index (Phi) is 6.92. The Morgan fingerprint density at radius 1 is 1.47 bits per heavy atom. The van der Waals surface area contributed by atoms with E-state index in [2.05, 4.69) is 5.32 Å². The molecule has 2 N–H and O–H groups in total. The topological polar surface area (TPSA) is 52.6 Å². The van der Waals surface area contributed by atoms with E-state index >= 15 is 0 Å². The molecular formula is C12H24N2O2S. The van der Waals surface area contributed by atoms with Gasteiger partial charge in [0, 0.05) is 17.8 Å². The Balaban J connectivity index is 2.30. The predicted octanol–water partition coefficient (Wildman–Crippen LogP) is 0.701. The number of rotatable bonds is 6. The summed E-state index contributed by atoms with van der Waals surface area (Å²) in [6.45, 7) is 6.60. The highest BCUT2D eigenvalue weighted by Crippen LogP contribution is 2.20. The van der Waals surface area contributed by atoms with Gasteiger partial charge < -0.3 is 15.3 Å². The third-order valence-electron chi connectivity index (χ3n) is 3.01. The first kappa shape index (κ1) is 14.8. The van der Waals surface area contributed by atoms with Crippen molar-refractivity contribution in [2.24, 2.45) is 0 Å². The zero-order valence-electron chi connectivity index (χ0n) is 10.8. The molecule has 0 saturated carbocycles. The average Bonchev–Trinajstić information content (AvgIpc) is 2.34. The number of thioether (sulfide) groups is 1. The fourth-order valence-electron chi connectivity index (χ4n) is 2.01. The Morgan fingerprint density at radius 3 is 2.65 bits per heavy atom. The molecule has 1 aliphatic rings. The summed E-state index contributed by atoms with van der Waals surface area (Å²) >= 11 is 1.76. The lowest BCUT2D eigenvalue weighted by Gasteiger charge is -2.27. The van der Waals surface area contributed by atoms with E-state index in [0.717, 1.165) is 25.9 Å². The summed E-state index contributed by atoms with van der Waals surface area (Å²) in [5.74, 6) is 0.695. The molecule has 17 heavy (non-hydrogen) atoms. The molecule has 0 aromatic carbocycles. The van der Waals surface area contributed by atoms with Gasteiger partial charge in [0.15, 0.2) is 0 Å². The van der Waals surface area contributed by atoms with E-state index in [9.17, 15) is 4.79 Å². The summed E-state index contributed by atoms with van der Waals surface area (Å²) in [6, 6.07) is 0.170. The second kappa shape index (κ2) is 7.95. The van der Waals surface area contributed by atoms with Gasteiger partial charge in [0.25, 0.3) is 0 Å². The van der Waals surface area contributed by atoms with Crippen molar-refractivity contribution in [3.63, 3.8) is 0 Å². The van der Waals surface area contributed by atoms with E-state index in [1.807, 2.05) is 13.8 Å². The summed E-state index contributed by atoms with van der Waals surface area (Å²) in [6.07, 6.45) is 2.30. The van der Waals surface area contributed by atoms with E-state index in [0.29, 0.717) is 17.5 Å². The summed E-state index contributed by atoms with van der Waals surface area (Å²) in [4.78, 5) is 13.8. The summed E-state index contributed by atoms with van der Waals surface area (Å²) < 4.78 is 0. The fraction of sp³-hybridized carbons (Fsp3) is 0.917. The van der Waals surface area contributed by atoms with Crippen molar-refractivity contribution >= 4 is 17.7 Å².